The smallest absolute Gasteiger partial charge is 1.00 e. The predicted octanol–water partition coefficient (Wildman–Crippen LogP) is -0.746. The number of carbonyl (C=O) groups is 3. The Morgan fingerprint density at radius 2 is 1.29 bits per heavy atom. The van der Waals surface area contributed by atoms with E-state index in [2.05, 4.69) is 18.0 Å². The summed E-state index contributed by atoms with van der Waals surface area (Å²) in [7, 11) is 0. The summed E-state index contributed by atoms with van der Waals surface area (Å²) < 4.78 is 0. The van der Waals surface area contributed by atoms with E-state index < -0.39 is 11.9 Å². The molecule has 0 spiro atoms. The van der Waals surface area contributed by atoms with E-state index >= 15 is 0 Å². The summed E-state index contributed by atoms with van der Waals surface area (Å²) in [6, 6.07) is 0. The average Bonchev–Trinajstić information content (AvgIpc) is 2.51. The topological polar surface area (TPSA) is 130 Å². The number of nitrogens with one attached hydrogen (secondary N) is 1. The summed E-state index contributed by atoms with van der Waals surface area (Å²) in [6.45, 7) is 1.67. The molecule has 138 valence electrons. The standard InChI is InChI=1S/C14H27NO3.C2H5NO2.Na.H/c1-2-3-4-5-6-7-8-9-10-11-13(16)15-12-14(17)18;3-1-2(4)5;;/h2-12H2,1H3,(H,15,16)(H,17,18);1,3H2,(H,4,5);;/q;;+1;-1. The van der Waals surface area contributed by atoms with Gasteiger partial charge >= 0.3 is 41.5 Å². The molecule has 0 unspecified atom stereocenters. The molecule has 0 heterocycles. The Hall–Kier alpha value is -0.630. The average molecular weight is 356 g/mol. The first-order valence-corrected chi connectivity index (χ1v) is 8.34. The number of carboxylic acid groups (broad SMARTS) is 2. The van der Waals surface area contributed by atoms with Gasteiger partial charge in [-0.05, 0) is 6.42 Å². The van der Waals surface area contributed by atoms with Crippen LogP contribution >= 0.6 is 0 Å². The van der Waals surface area contributed by atoms with Crippen LogP contribution in [0.2, 0.25) is 0 Å². The molecular formula is C16H33N2NaO5. The summed E-state index contributed by atoms with van der Waals surface area (Å²) in [6.07, 6.45) is 11.4. The third-order valence-electron chi connectivity index (χ3n) is 3.12. The molecule has 7 nitrogen and oxygen atoms in total. The first-order chi connectivity index (χ1) is 10.9. The van der Waals surface area contributed by atoms with Crippen LogP contribution in [0.1, 0.15) is 72.6 Å². The van der Waals surface area contributed by atoms with Crippen LogP contribution in [0.25, 0.3) is 0 Å². The molecule has 1 amide bonds. The molecule has 0 atom stereocenters. The van der Waals surface area contributed by atoms with Crippen LogP contribution in [0.4, 0.5) is 0 Å². The number of rotatable bonds is 13. The van der Waals surface area contributed by atoms with E-state index in [9.17, 15) is 14.4 Å². The van der Waals surface area contributed by atoms with Crippen molar-refractivity contribution in [3.63, 3.8) is 0 Å². The second-order valence-electron chi connectivity index (χ2n) is 5.35. The van der Waals surface area contributed by atoms with Crippen molar-refractivity contribution in [2.45, 2.75) is 71.1 Å². The zero-order valence-electron chi connectivity index (χ0n) is 16.2. The fourth-order valence-corrected chi connectivity index (χ4v) is 1.86. The molecule has 0 aromatic heterocycles. The molecule has 0 aromatic rings. The number of unbranched alkanes of at least 4 members (excludes halogenated alkanes) is 8. The number of hydrogen-bond donors (Lipinski definition) is 4. The van der Waals surface area contributed by atoms with Gasteiger partial charge in [0.2, 0.25) is 5.91 Å². The van der Waals surface area contributed by atoms with Crippen molar-refractivity contribution < 1.29 is 55.6 Å². The summed E-state index contributed by atoms with van der Waals surface area (Å²) in [5.41, 5.74) is 4.57. The van der Waals surface area contributed by atoms with Gasteiger partial charge in [-0.1, -0.05) is 58.3 Å². The van der Waals surface area contributed by atoms with Crippen LogP contribution in [0.15, 0.2) is 0 Å². The zero-order chi connectivity index (χ0) is 17.9. The molecule has 0 radical (unpaired) electrons. The Morgan fingerprint density at radius 1 is 0.875 bits per heavy atom. The Labute approximate surface area is 168 Å². The minimum atomic E-state index is -0.990. The number of aliphatic carboxylic acids is 2. The molecule has 0 saturated heterocycles. The molecule has 0 aliphatic carbocycles. The number of carboxylic acids is 2. The van der Waals surface area contributed by atoms with Gasteiger partial charge in [-0.2, -0.15) is 0 Å². The molecule has 0 fully saturated rings. The molecule has 0 aliphatic rings. The predicted molar refractivity (Wildman–Crippen MR) is 90.3 cm³/mol. The van der Waals surface area contributed by atoms with Crippen LogP contribution in [0.3, 0.4) is 0 Å². The molecule has 0 saturated carbocycles. The number of hydrogen-bond acceptors (Lipinski definition) is 4. The fourth-order valence-electron chi connectivity index (χ4n) is 1.86. The number of carbonyl (C=O) groups excluding carboxylic acids is 1. The van der Waals surface area contributed by atoms with Crippen molar-refractivity contribution in [2.75, 3.05) is 13.1 Å². The second kappa shape index (κ2) is 22.4. The van der Waals surface area contributed by atoms with Crippen molar-refractivity contribution in [3.05, 3.63) is 0 Å². The van der Waals surface area contributed by atoms with Crippen molar-refractivity contribution in [1.29, 1.82) is 0 Å². The van der Waals surface area contributed by atoms with Gasteiger partial charge in [0, 0.05) is 6.42 Å². The third-order valence-corrected chi connectivity index (χ3v) is 3.12. The van der Waals surface area contributed by atoms with Gasteiger partial charge in [0.25, 0.3) is 0 Å². The van der Waals surface area contributed by atoms with E-state index in [1.807, 2.05) is 0 Å². The third kappa shape index (κ3) is 29.4. The second-order valence-corrected chi connectivity index (χ2v) is 5.35. The minimum absolute atomic E-state index is 0. The Kier molecular flexibility index (Phi) is 26.3. The SMILES string of the molecule is CCCCCCCCCCCC(=O)NCC(=O)O.NCC(=O)O.[H-].[Na+]. The van der Waals surface area contributed by atoms with Crippen LogP contribution < -0.4 is 40.6 Å². The quantitative estimate of drug-likeness (QED) is 0.254. The maximum Gasteiger partial charge on any atom is 1.00 e. The first kappa shape index (κ1) is 28.2. The van der Waals surface area contributed by atoms with Gasteiger partial charge in [0.1, 0.15) is 6.54 Å². The van der Waals surface area contributed by atoms with Gasteiger partial charge in [-0.25, -0.2) is 0 Å². The van der Waals surface area contributed by atoms with Crippen molar-refractivity contribution in [1.82, 2.24) is 5.32 Å². The Balaban J connectivity index is -0.000000276. The Morgan fingerprint density at radius 3 is 1.67 bits per heavy atom. The zero-order valence-corrected chi connectivity index (χ0v) is 17.2. The van der Waals surface area contributed by atoms with Gasteiger partial charge < -0.3 is 22.7 Å². The molecule has 0 bridgehead atoms. The summed E-state index contributed by atoms with van der Waals surface area (Å²) in [4.78, 5) is 30.6. The summed E-state index contributed by atoms with van der Waals surface area (Å²) in [5, 5.41) is 18.3. The molecule has 0 rings (SSSR count). The Bertz CT molecular complexity index is 334. The van der Waals surface area contributed by atoms with Crippen LogP contribution in [0, 0.1) is 0 Å². The van der Waals surface area contributed by atoms with Crippen LogP contribution in [-0.4, -0.2) is 41.1 Å². The van der Waals surface area contributed by atoms with E-state index in [1.54, 1.807) is 0 Å². The van der Waals surface area contributed by atoms with Crippen molar-refractivity contribution in [2.24, 2.45) is 5.73 Å². The molecule has 5 N–H and O–H groups in total. The van der Waals surface area contributed by atoms with Crippen molar-refractivity contribution >= 4 is 17.8 Å². The molecule has 0 aliphatic heterocycles. The monoisotopic (exact) mass is 356 g/mol. The summed E-state index contributed by atoms with van der Waals surface area (Å²) >= 11 is 0. The molecular weight excluding hydrogens is 323 g/mol. The van der Waals surface area contributed by atoms with E-state index in [0.29, 0.717) is 6.42 Å². The summed E-state index contributed by atoms with van der Waals surface area (Å²) in [5.74, 6) is -2.11. The van der Waals surface area contributed by atoms with E-state index in [1.165, 1.54) is 44.9 Å². The normalized spacial score (nSPS) is 9.25. The molecule has 24 heavy (non-hydrogen) atoms. The first-order valence-electron chi connectivity index (χ1n) is 8.34. The number of amides is 1. The van der Waals surface area contributed by atoms with Gasteiger partial charge in [-0.3, -0.25) is 14.4 Å². The van der Waals surface area contributed by atoms with E-state index in [0.717, 1.165) is 12.8 Å². The fraction of sp³-hybridized carbons (Fsp3) is 0.812. The van der Waals surface area contributed by atoms with Crippen LogP contribution in [0.5, 0.6) is 0 Å². The largest absolute Gasteiger partial charge is 1.00 e. The van der Waals surface area contributed by atoms with Gasteiger partial charge in [0.05, 0.1) is 6.54 Å². The number of nitrogens with two attached hydrogens (primary N) is 1. The minimum Gasteiger partial charge on any atom is -1.00 e. The molecule has 0 aromatic carbocycles. The van der Waals surface area contributed by atoms with Crippen LogP contribution in [-0.2, 0) is 14.4 Å². The maximum absolute atomic E-state index is 11.2. The van der Waals surface area contributed by atoms with Gasteiger partial charge in [-0.15, -0.1) is 0 Å². The van der Waals surface area contributed by atoms with E-state index in [4.69, 9.17) is 10.2 Å². The molecule has 8 heteroatoms. The van der Waals surface area contributed by atoms with Gasteiger partial charge in [0.15, 0.2) is 0 Å². The van der Waals surface area contributed by atoms with E-state index in [-0.39, 0.29) is 50.0 Å². The van der Waals surface area contributed by atoms with Crippen molar-refractivity contribution in [3.8, 4) is 0 Å². The maximum atomic E-state index is 11.2.